The molecule has 114 valence electrons. The number of halogens is 1. The zero-order valence-corrected chi connectivity index (χ0v) is 14.0. The van der Waals surface area contributed by atoms with Crippen LogP contribution in [0.4, 0.5) is 0 Å². The quantitative estimate of drug-likeness (QED) is 0.704. The molecule has 0 heterocycles. The van der Waals surface area contributed by atoms with Gasteiger partial charge in [0, 0.05) is 11.8 Å². The lowest BCUT2D eigenvalue weighted by molar-refractivity contribution is 0.313. The van der Waals surface area contributed by atoms with Gasteiger partial charge in [-0.2, -0.15) is 11.8 Å². The summed E-state index contributed by atoms with van der Waals surface area (Å²) in [5, 5.41) is 0.587. The molecule has 0 fully saturated rings. The Morgan fingerprint density at radius 1 is 1.35 bits per heavy atom. The Kier molecular flexibility index (Phi) is 8.19. The average molecular weight is 318 g/mol. The van der Waals surface area contributed by atoms with Gasteiger partial charge in [0.15, 0.2) is 11.5 Å². The third kappa shape index (κ3) is 5.43. The first-order chi connectivity index (χ1) is 9.62. The number of methoxy groups -OCH3 is 1. The van der Waals surface area contributed by atoms with Gasteiger partial charge in [0.05, 0.1) is 18.7 Å². The second kappa shape index (κ2) is 9.37. The minimum absolute atomic E-state index is 0.142. The van der Waals surface area contributed by atoms with E-state index in [2.05, 4.69) is 13.8 Å². The highest BCUT2D eigenvalue weighted by molar-refractivity contribution is 7.99. The standard InChI is InChI=1S/C15H24ClNO2S/c1-4-12(17)8-11-9-13(16)15(14(10-11)18-3)19-6-7-20-5-2/h9-10,12H,4-8,17H2,1-3H3. The number of hydrogen-bond donors (Lipinski definition) is 1. The summed E-state index contributed by atoms with van der Waals surface area (Å²) in [6.45, 7) is 4.83. The van der Waals surface area contributed by atoms with Crippen molar-refractivity contribution in [2.24, 2.45) is 5.73 Å². The van der Waals surface area contributed by atoms with Crippen molar-refractivity contribution in [3.05, 3.63) is 22.7 Å². The molecule has 0 aliphatic rings. The highest BCUT2D eigenvalue weighted by Gasteiger charge is 2.13. The van der Waals surface area contributed by atoms with Crippen molar-refractivity contribution < 1.29 is 9.47 Å². The van der Waals surface area contributed by atoms with Crippen LogP contribution in [0.15, 0.2) is 12.1 Å². The number of ether oxygens (including phenoxy) is 2. The molecule has 0 aliphatic carbocycles. The summed E-state index contributed by atoms with van der Waals surface area (Å²) in [5.74, 6) is 3.33. The average Bonchev–Trinajstić information content (AvgIpc) is 2.44. The molecule has 0 bridgehead atoms. The molecule has 1 aromatic carbocycles. The largest absolute Gasteiger partial charge is 0.493 e. The Hall–Kier alpha value is -0.580. The predicted molar refractivity (Wildman–Crippen MR) is 88.5 cm³/mol. The monoisotopic (exact) mass is 317 g/mol. The van der Waals surface area contributed by atoms with Gasteiger partial charge in [-0.15, -0.1) is 0 Å². The third-order valence-corrected chi connectivity index (χ3v) is 4.13. The summed E-state index contributed by atoms with van der Waals surface area (Å²) in [6.07, 6.45) is 1.73. The molecule has 1 rings (SSSR count). The molecule has 0 saturated carbocycles. The first-order valence-corrected chi connectivity index (χ1v) is 8.48. The highest BCUT2D eigenvalue weighted by atomic mass is 35.5. The molecule has 0 aromatic heterocycles. The summed E-state index contributed by atoms with van der Waals surface area (Å²) in [7, 11) is 1.63. The molecule has 1 aromatic rings. The minimum Gasteiger partial charge on any atom is -0.493 e. The van der Waals surface area contributed by atoms with E-state index in [0.29, 0.717) is 23.1 Å². The fourth-order valence-electron chi connectivity index (χ4n) is 1.83. The van der Waals surface area contributed by atoms with Gasteiger partial charge in [-0.1, -0.05) is 25.4 Å². The van der Waals surface area contributed by atoms with Gasteiger partial charge in [0.2, 0.25) is 0 Å². The summed E-state index contributed by atoms with van der Waals surface area (Å²) >= 11 is 8.14. The van der Waals surface area contributed by atoms with Crippen molar-refractivity contribution >= 4 is 23.4 Å². The maximum Gasteiger partial charge on any atom is 0.179 e. The summed E-state index contributed by atoms with van der Waals surface area (Å²) in [4.78, 5) is 0. The maximum atomic E-state index is 6.30. The molecule has 0 saturated heterocycles. The van der Waals surface area contributed by atoms with E-state index in [-0.39, 0.29) is 6.04 Å². The number of nitrogens with two attached hydrogens (primary N) is 1. The molecule has 0 radical (unpaired) electrons. The molecule has 2 N–H and O–H groups in total. The smallest absolute Gasteiger partial charge is 0.179 e. The second-order valence-electron chi connectivity index (χ2n) is 4.53. The van der Waals surface area contributed by atoms with Crippen LogP contribution in [0.3, 0.4) is 0 Å². The Labute approximate surface area is 131 Å². The van der Waals surface area contributed by atoms with Gasteiger partial charge in [-0.25, -0.2) is 0 Å². The molecule has 0 amide bonds. The zero-order valence-electron chi connectivity index (χ0n) is 12.4. The molecule has 20 heavy (non-hydrogen) atoms. The van der Waals surface area contributed by atoms with Crippen molar-refractivity contribution in [2.75, 3.05) is 25.2 Å². The van der Waals surface area contributed by atoms with E-state index < -0.39 is 0 Å². The zero-order chi connectivity index (χ0) is 15.0. The van der Waals surface area contributed by atoms with Crippen LogP contribution in [0.25, 0.3) is 0 Å². The summed E-state index contributed by atoms with van der Waals surface area (Å²) < 4.78 is 11.1. The first-order valence-electron chi connectivity index (χ1n) is 6.94. The van der Waals surface area contributed by atoms with Crippen molar-refractivity contribution in [3.63, 3.8) is 0 Å². The molecular weight excluding hydrogens is 294 g/mol. The first kappa shape index (κ1) is 17.5. The van der Waals surface area contributed by atoms with Gasteiger partial charge < -0.3 is 15.2 Å². The fourth-order valence-corrected chi connectivity index (χ4v) is 2.60. The maximum absolute atomic E-state index is 6.30. The van der Waals surface area contributed by atoms with Gasteiger partial charge in [-0.05, 0) is 36.3 Å². The van der Waals surface area contributed by atoms with Crippen molar-refractivity contribution in [1.29, 1.82) is 0 Å². The van der Waals surface area contributed by atoms with E-state index in [0.717, 1.165) is 29.9 Å². The second-order valence-corrected chi connectivity index (χ2v) is 6.33. The lowest BCUT2D eigenvalue weighted by Gasteiger charge is -2.15. The van der Waals surface area contributed by atoms with Crippen LogP contribution < -0.4 is 15.2 Å². The van der Waals surface area contributed by atoms with Crippen LogP contribution in [0.5, 0.6) is 11.5 Å². The van der Waals surface area contributed by atoms with Crippen LogP contribution in [0.2, 0.25) is 5.02 Å². The van der Waals surface area contributed by atoms with Crippen LogP contribution in [0, 0.1) is 0 Å². The molecule has 5 heteroatoms. The van der Waals surface area contributed by atoms with Crippen LogP contribution >= 0.6 is 23.4 Å². The van der Waals surface area contributed by atoms with E-state index in [1.54, 1.807) is 7.11 Å². The highest BCUT2D eigenvalue weighted by Crippen LogP contribution is 2.36. The summed E-state index contributed by atoms with van der Waals surface area (Å²) in [6, 6.07) is 4.02. The molecule has 0 aliphatic heterocycles. The Bertz CT molecular complexity index is 415. The number of thioether (sulfide) groups is 1. The third-order valence-electron chi connectivity index (χ3n) is 2.99. The fraction of sp³-hybridized carbons (Fsp3) is 0.600. The predicted octanol–water partition coefficient (Wildman–Crippen LogP) is 3.76. The Morgan fingerprint density at radius 2 is 2.10 bits per heavy atom. The number of hydrogen-bond acceptors (Lipinski definition) is 4. The van der Waals surface area contributed by atoms with Gasteiger partial charge in [-0.3, -0.25) is 0 Å². The van der Waals surface area contributed by atoms with Gasteiger partial charge in [0.1, 0.15) is 0 Å². The van der Waals surface area contributed by atoms with E-state index in [9.17, 15) is 0 Å². The van der Waals surface area contributed by atoms with E-state index >= 15 is 0 Å². The Morgan fingerprint density at radius 3 is 2.70 bits per heavy atom. The lowest BCUT2D eigenvalue weighted by atomic mass is 10.0. The van der Waals surface area contributed by atoms with Gasteiger partial charge >= 0.3 is 0 Å². The van der Waals surface area contributed by atoms with E-state index in [4.69, 9.17) is 26.8 Å². The SMILES string of the molecule is CCSCCOc1c(Cl)cc(CC(N)CC)cc1OC. The van der Waals surface area contributed by atoms with Gasteiger partial charge in [0.25, 0.3) is 0 Å². The number of benzene rings is 1. The normalized spacial score (nSPS) is 12.2. The van der Waals surface area contributed by atoms with Crippen molar-refractivity contribution in [3.8, 4) is 11.5 Å². The van der Waals surface area contributed by atoms with Crippen molar-refractivity contribution in [1.82, 2.24) is 0 Å². The van der Waals surface area contributed by atoms with E-state index in [1.165, 1.54) is 0 Å². The summed E-state index contributed by atoms with van der Waals surface area (Å²) in [5.41, 5.74) is 7.06. The molecule has 1 atom stereocenters. The molecule has 0 spiro atoms. The number of rotatable bonds is 9. The Balaban J connectivity index is 2.79. The molecule has 1 unspecified atom stereocenters. The minimum atomic E-state index is 0.142. The van der Waals surface area contributed by atoms with Crippen LogP contribution in [-0.2, 0) is 6.42 Å². The molecule has 3 nitrogen and oxygen atoms in total. The van der Waals surface area contributed by atoms with Crippen LogP contribution in [-0.4, -0.2) is 31.3 Å². The topological polar surface area (TPSA) is 44.5 Å². The van der Waals surface area contributed by atoms with Crippen molar-refractivity contribution in [2.45, 2.75) is 32.7 Å². The lowest BCUT2D eigenvalue weighted by Crippen LogP contribution is -2.21. The molecular formula is C15H24ClNO2S. The van der Waals surface area contributed by atoms with Crippen LogP contribution in [0.1, 0.15) is 25.8 Å². The van der Waals surface area contributed by atoms with E-state index in [1.807, 2.05) is 23.9 Å².